The van der Waals surface area contributed by atoms with Gasteiger partial charge in [-0.05, 0) is 39.5 Å². The summed E-state index contributed by atoms with van der Waals surface area (Å²) in [6.07, 6.45) is 0. The molecular weight excluding hydrogens is 286 g/mol. The highest BCUT2D eigenvalue weighted by atomic mass is 79.9. The molecule has 16 heavy (non-hydrogen) atoms. The van der Waals surface area contributed by atoms with Crippen molar-refractivity contribution in [3.63, 3.8) is 0 Å². The number of carbonyl (C=O) groups is 1. The van der Waals surface area contributed by atoms with Gasteiger partial charge in [0.15, 0.2) is 0 Å². The number of amides is 1. The largest absolute Gasteiger partial charge is 0.347 e. The van der Waals surface area contributed by atoms with Gasteiger partial charge in [0, 0.05) is 9.35 Å². The molecule has 0 aliphatic heterocycles. The van der Waals surface area contributed by atoms with Gasteiger partial charge in [-0.2, -0.15) is 0 Å². The molecule has 0 spiro atoms. The molecule has 1 N–H and O–H groups in total. The van der Waals surface area contributed by atoms with Crippen LogP contribution in [0.4, 0.5) is 0 Å². The molecule has 2 aromatic rings. The first-order valence-corrected chi connectivity index (χ1v) is 6.50. The third-order valence-corrected chi connectivity index (χ3v) is 3.69. The normalized spacial score (nSPS) is 10.1. The zero-order valence-corrected chi connectivity index (χ0v) is 10.8. The molecule has 0 bridgehead atoms. The molecule has 1 heterocycles. The molecule has 2 rings (SSSR count). The SMILES string of the molecule is O=C(NCc1cccs1)c1ccccc1Br. The molecule has 0 saturated carbocycles. The number of thiophene rings is 1. The van der Waals surface area contributed by atoms with Gasteiger partial charge in [0.1, 0.15) is 0 Å². The smallest absolute Gasteiger partial charge is 0.252 e. The lowest BCUT2D eigenvalue weighted by Crippen LogP contribution is -2.22. The van der Waals surface area contributed by atoms with E-state index in [0.717, 1.165) is 9.35 Å². The fourth-order valence-electron chi connectivity index (χ4n) is 1.32. The summed E-state index contributed by atoms with van der Waals surface area (Å²) in [6.45, 7) is 0.581. The molecule has 0 saturated heterocycles. The van der Waals surface area contributed by atoms with Gasteiger partial charge < -0.3 is 5.32 Å². The summed E-state index contributed by atoms with van der Waals surface area (Å²) in [5, 5.41) is 4.88. The van der Waals surface area contributed by atoms with E-state index >= 15 is 0 Å². The Morgan fingerprint density at radius 1 is 1.25 bits per heavy atom. The van der Waals surface area contributed by atoms with E-state index in [4.69, 9.17) is 0 Å². The quantitative estimate of drug-likeness (QED) is 0.923. The predicted octanol–water partition coefficient (Wildman–Crippen LogP) is 3.44. The third-order valence-electron chi connectivity index (χ3n) is 2.12. The summed E-state index contributed by atoms with van der Waals surface area (Å²) in [5.74, 6) is -0.0547. The molecule has 1 aromatic heterocycles. The highest BCUT2D eigenvalue weighted by molar-refractivity contribution is 9.10. The number of carbonyl (C=O) groups excluding carboxylic acids is 1. The minimum atomic E-state index is -0.0547. The molecule has 0 unspecified atom stereocenters. The molecule has 0 aliphatic rings. The van der Waals surface area contributed by atoms with Gasteiger partial charge in [0.2, 0.25) is 0 Å². The molecular formula is C12H10BrNOS. The first kappa shape index (κ1) is 11.4. The maximum absolute atomic E-state index is 11.8. The van der Waals surface area contributed by atoms with Crippen molar-refractivity contribution in [2.24, 2.45) is 0 Å². The van der Waals surface area contributed by atoms with Crippen LogP contribution in [0.15, 0.2) is 46.3 Å². The Morgan fingerprint density at radius 2 is 2.06 bits per heavy atom. The summed E-state index contributed by atoms with van der Waals surface area (Å²) in [7, 11) is 0. The second-order valence-electron chi connectivity index (χ2n) is 3.24. The van der Waals surface area contributed by atoms with Crippen LogP contribution in [0, 0.1) is 0 Å². The number of hydrogen-bond donors (Lipinski definition) is 1. The van der Waals surface area contributed by atoms with Gasteiger partial charge in [-0.1, -0.05) is 18.2 Å². The van der Waals surface area contributed by atoms with Crippen LogP contribution in [0.25, 0.3) is 0 Å². The zero-order chi connectivity index (χ0) is 11.4. The Kier molecular flexibility index (Phi) is 3.74. The van der Waals surface area contributed by atoms with Crippen molar-refractivity contribution in [2.75, 3.05) is 0 Å². The average molecular weight is 296 g/mol. The van der Waals surface area contributed by atoms with Gasteiger partial charge in [-0.15, -0.1) is 11.3 Å². The van der Waals surface area contributed by atoms with E-state index < -0.39 is 0 Å². The Labute approximate surface area is 106 Å². The highest BCUT2D eigenvalue weighted by Crippen LogP contribution is 2.16. The Hall–Kier alpha value is -1.13. The second-order valence-corrected chi connectivity index (χ2v) is 5.13. The second kappa shape index (κ2) is 5.27. The molecule has 0 fully saturated rings. The maximum Gasteiger partial charge on any atom is 0.252 e. The first-order chi connectivity index (χ1) is 7.77. The molecule has 1 amide bonds. The summed E-state index contributed by atoms with van der Waals surface area (Å²) in [6, 6.07) is 11.4. The molecule has 1 aromatic carbocycles. The molecule has 82 valence electrons. The minimum absolute atomic E-state index is 0.0547. The van der Waals surface area contributed by atoms with E-state index in [1.54, 1.807) is 17.4 Å². The van der Waals surface area contributed by atoms with E-state index in [1.807, 2.05) is 35.7 Å². The first-order valence-electron chi connectivity index (χ1n) is 4.82. The van der Waals surface area contributed by atoms with Crippen molar-refractivity contribution in [1.82, 2.24) is 5.32 Å². The molecule has 4 heteroatoms. The third kappa shape index (κ3) is 2.71. The van der Waals surface area contributed by atoms with Crippen LogP contribution in [0.3, 0.4) is 0 Å². The summed E-state index contributed by atoms with van der Waals surface area (Å²) >= 11 is 5.00. The van der Waals surface area contributed by atoms with E-state index in [2.05, 4.69) is 21.2 Å². The van der Waals surface area contributed by atoms with Crippen molar-refractivity contribution in [3.05, 3.63) is 56.7 Å². The lowest BCUT2D eigenvalue weighted by molar-refractivity contribution is 0.0950. The van der Waals surface area contributed by atoms with Gasteiger partial charge in [-0.25, -0.2) is 0 Å². The summed E-state index contributed by atoms with van der Waals surface area (Å²) in [5.41, 5.74) is 0.666. The van der Waals surface area contributed by atoms with Crippen LogP contribution in [0.5, 0.6) is 0 Å². The van der Waals surface area contributed by atoms with E-state index in [9.17, 15) is 4.79 Å². The van der Waals surface area contributed by atoms with Crippen molar-refractivity contribution in [3.8, 4) is 0 Å². The number of benzene rings is 1. The van der Waals surface area contributed by atoms with Gasteiger partial charge in [-0.3, -0.25) is 4.79 Å². The van der Waals surface area contributed by atoms with Crippen molar-refractivity contribution in [1.29, 1.82) is 0 Å². The van der Waals surface area contributed by atoms with Gasteiger partial charge in [0.25, 0.3) is 5.91 Å². The molecule has 0 radical (unpaired) electrons. The van der Waals surface area contributed by atoms with Crippen molar-refractivity contribution >= 4 is 33.2 Å². The Bertz CT molecular complexity index is 482. The predicted molar refractivity (Wildman–Crippen MR) is 69.6 cm³/mol. The number of hydrogen-bond acceptors (Lipinski definition) is 2. The average Bonchev–Trinajstić information content (AvgIpc) is 2.79. The monoisotopic (exact) mass is 295 g/mol. The molecule has 2 nitrogen and oxygen atoms in total. The number of rotatable bonds is 3. The highest BCUT2D eigenvalue weighted by Gasteiger charge is 2.08. The number of halogens is 1. The molecule has 0 aliphatic carbocycles. The summed E-state index contributed by atoms with van der Waals surface area (Å²) < 4.78 is 0.818. The standard InChI is InChI=1S/C12H10BrNOS/c13-11-6-2-1-5-10(11)12(15)14-8-9-4-3-7-16-9/h1-7H,8H2,(H,14,15). The minimum Gasteiger partial charge on any atom is -0.347 e. The Balaban J connectivity index is 2.01. The molecule has 0 atom stereocenters. The lowest BCUT2D eigenvalue weighted by Gasteiger charge is -2.05. The van der Waals surface area contributed by atoms with Crippen LogP contribution in [0.1, 0.15) is 15.2 Å². The van der Waals surface area contributed by atoms with Crippen molar-refractivity contribution in [2.45, 2.75) is 6.54 Å². The van der Waals surface area contributed by atoms with E-state index in [1.165, 1.54) is 0 Å². The fraction of sp³-hybridized carbons (Fsp3) is 0.0833. The van der Waals surface area contributed by atoms with Crippen molar-refractivity contribution < 1.29 is 4.79 Å². The van der Waals surface area contributed by atoms with Gasteiger partial charge in [0.05, 0.1) is 12.1 Å². The van der Waals surface area contributed by atoms with Crippen LogP contribution >= 0.6 is 27.3 Å². The zero-order valence-electron chi connectivity index (χ0n) is 8.44. The van der Waals surface area contributed by atoms with E-state index in [0.29, 0.717) is 12.1 Å². The topological polar surface area (TPSA) is 29.1 Å². The van der Waals surface area contributed by atoms with Crippen LogP contribution < -0.4 is 5.32 Å². The van der Waals surface area contributed by atoms with Gasteiger partial charge >= 0.3 is 0 Å². The lowest BCUT2D eigenvalue weighted by atomic mass is 10.2. The van der Waals surface area contributed by atoms with Crippen LogP contribution in [0.2, 0.25) is 0 Å². The van der Waals surface area contributed by atoms with E-state index in [-0.39, 0.29) is 5.91 Å². The number of nitrogens with one attached hydrogen (secondary N) is 1. The van der Waals surface area contributed by atoms with Crippen LogP contribution in [-0.2, 0) is 6.54 Å². The van der Waals surface area contributed by atoms with Crippen LogP contribution in [-0.4, -0.2) is 5.91 Å². The Morgan fingerprint density at radius 3 is 2.75 bits per heavy atom. The fourth-order valence-corrected chi connectivity index (χ4v) is 2.43. The maximum atomic E-state index is 11.8. The summed E-state index contributed by atoms with van der Waals surface area (Å²) in [4.78, 5) is 13.0.